The highest BCUT2D eigenvalue weighted by Gasteiger charge is 2.01. The highest BCUT2D eigenvalue weighted by Crippen LogP contribution is 2.08. The van der Waals surface area contributed by atoms with Crippen LogP contribution in [0.3, 0.4) is 0 Å². The van der Waals surface area contributed by atoms with Crippen molar-refractivity contribution in [3.05, 3.63) is 30.1 Å². The molecule has 0 spiro atoms. The van der Waals surface area contributed by atoms with Crippen LogP contribution >= 0.6 is 0 Å². The fourth-order valence-corrected chi connectivity index (χ4v) is 1.04. The number of hydrogen-bond donors (Lipinski definition) is 1. The molecule has 1 heterocycles. The topological polar surface area (TPSA) is 24.9 Å². The summed E-state index contributed by atoms with van der Waals surface area (Å²) in [5, 5.41) is 3.29. The van der Waals surface area contributed by atoms with E-state index in [0.717, 1.165) is 6.54 Å². The molecule has 2 heteroatoms. The third-order valence-corrected chi connectivity index (χ3v) is 1.86. The average Bonchev–Trinajstić information content (AvgIpc) is 2.19. The third kappa shape index (κ3) is 3.27. The van der Waals surface area contributed by atoms with Gasteiger partial charge in [-0.05, 0) is 25.5 Å². The predicted octanol–water partition coefficient (Wildman–Crippen LogP) is 1.76. The lowest BCUT2D eigenvalue weighted by Gasteiger charge is -2.10. The van der Waals surface area contributed by atoms with Crippen molar-refractivity contribution in [1.82, 2.24) is 10.3 Å². The molecule has 0 aliphatic carbocycles. The van der Waals surface area contributed by atoms with Crippen LogP contribution in [0.5, 0.6) is 0 Å². The van der Waals surface area contributed by atoms with E-state index in [1.54, 1.807) is 6.20 Å². The van der Waals surface area contributed by atoms with Crippen molar-refractivity contribution in [2.45, 2.75) is 19.9 Å². The van der Waals surface area contributed by atoms with Crippen LogP contribution in [-0.4, -0.2) is 11.5 Å². The van der Waals surface area contributed by atoms with Crippen molar-refractivity contribution in [2.75, 3.05) is 6.54 Å². The minimum absolute atomic E-state index is 0.314. The molecule has 0 aliphatic rings. The largest absolute Gasteiger partial charge is 0.300 e. The molecular weight excluding hydrogens is 160 g/mol. The maximum absolute atomic E-state index is 4.06. The molecule has 1 aromatic rings. The van der Waals surface area contributed by atoms with E-state index >= 15 is 0 Å². The highest BCUT2D eigenvalue weighted by molar-refractivity contribution is 5.13. The van der Waals surface area contributed by atoms with Gasteiger partial charge in [0, 0.05) is 18.4 Å². The molecular formula is C11H14N2. The Morgan fingerprint density at radius 3 is 3.08 bits per heavy atom. The van der Waals surface area contributed by atoms with Crippen LogP contribution in [0.25, 0.3) is 0 Å². The molecule has 0 aliphatic heterocycles. The fourth-order valence-electron chi connectivity index (χ4n) is 1.04. The molecule has 2 nitrogen and oxygen atoms in total. The number of nitrogens with one attached hydrogen (secondary N) is 1. The molecule has 0 aromatic carbocycles. The normalized spacial score (nSPS) is 11.5. The zero-order valence-electron chi connectivity index (χ0n) is 8.04. The summed E-state index contributed by atoms with van der Waals surface area (Å²) >= 11 is 0. The van der Waals surface area contributed by atoms with E-state index in [2.05, 4.69) is 35.1 Å². The Kier molecular flexibility index (Phi) is 4.01. The van der Waals surface area contributed by atoms with Crippen molar-refractivity contribution in [3.8, 4) is 11.8 Å². The van der Waals surface area contributed by atoms with Crippen LogP contribution in [0, 0.1) is 11.8 Å². The Hall–Kier alpha value is -1.33. The van der Waals surface area contributed by atoms with E-state index < -0.39 is 0 Å². The summed E-state index contributed by atoms with van der Waals surface area (Å²) in [5.41, 5.74) is 1.19. The second kappa shape index (κ2) is 5.34. The fraction of sp³-hybridized carbons (Fsp3) is 0.364. The van der Waals surface area contributed by atoms with Gasteiger partial charge in [0.2, 0.25) is 0 Å². The molecule has 1 rings (SSSR count). The summed E-state index contributed by atoms with van der Waals surface area (Å²) in [7, 11) is 0. The lowest BCUT2D eigenvalue weighted by Crippen LogP contribution is -2.18. The maximum atomic E-state index is 4.06. The van der Waals surface area contributed by atoms with Gasteiger partial charge in [-0.25, -0.2) is 0 Å². The Morgan fingerprint density at radius 2 is 2.46 bits per heavy atom. The Morgan fingerprint density at radius 1 is 1.62 bits per heavy atom. The zero-order chi connectivity index (χ0) is 9.52. The van der Waals surface area contributed by atoms with Gasteiger partial charge in [0.1, 0.15) is 0 Å². The quantitative estimate of drug-likeness (QED) is 0.706. The molecule has 68 valence electrons. The predicted molar refractivity (Wildman–Crippen MR) is 54.1 cm³/mol. The van der Waals surface area contributed by atoms with Crippen molar-refractivity contribution in [1.29, 1.82) is 0 Å². The lowest BCUT2D eigenvalue weighted by atomic mass is 10.1. The number of pyridine rings is 1. The second-order valence-corrected chi connectivity index (χ2v) is 2.82. The average molecular weight is 174 g/mol. The Bertz CT molecular complexity index is 295. The van der Waals surface area contributed by atoms with E-state index in [-0.39, 0.29) is 0 Å². The summed E-state index contributed by atoms with van der Waals surface area (Å²) < 4.78 is 0. The first kappa shape index (κ1) is 9.76. The first-order chi connectivity index (χ1) is 6.34. The Balaban J connectivity index is 2.47. The molecule has 0 amide bonds. The van der Waals surface area contributed by atoms with Crippen molar-refractivity contribution in [2.24, 2.45) is 0 Å². The standard InChI is InChI=1S/C11H14N2/c1-3-4-8-13-10(2)11-6-5-7-12-9-11/h5-7,9-10,13H,8H2,1-2H3/t10-/m1/s1. The smallest absolute Gasteiger partial charge is 0.0581 e. The van der Waals surface area contributed by atoms with Gasteiger partial charge in [-0.3, -0.25) is 10.3 Å². The van der Waals surface area contributed by atoms with Crippen LogP contribution in [-0.2, 0) is 0 Å². The molecule has 13 heavy (non-hydrogen) atoms. The number of aromatic nitrogens is 1. The first-order valence-corrected chi connectivity index (χ1v) is 4.37. The highest BCUT2D eigenvalue weighted by atomic mass is 14.9. The van der Waals surface area contributed by atoms with Gasteiger partial charge in [-0.1, -0.05) is 12.0 Å². The van der Waals surface area contributed by atoms with Crippen LogP contribution < -0.4 is 5.32 Å². The van der Waals surface area contributed by atoms with Crippen molar-refractivity contribution >= 4 is 0 Å². The van der Waals surface area contributed by atoms with Crippen molar-refractivity contribution in [3.63, 3.8) is 0 Å². The number of rotatable bonds is 3. The van der Waals surface area contributed by atoms with Gasteiger partial charge in [0.25, 0.3) is 0 Å². The summed E-state index contributed by atoms with van der Waals surface area (Å²) in [6.45, 7) is 4.68. The third-order valence-electron chi connectivity index (χ3n) is 1.86. The minimum Gasteiger partial charge on any atom is -0.300 e. The van der Waals surface area contributed by atoms with E-state index in [4.69, 9.17) is 0 Å². The van der Waals surface area contributed by atoms with Crippen LogP contribution in [0.2, 0.25) is 0 Å². The minimum atomic E-state index is 0.314. The monoisotopic (exact) mass is 174 g/mol. The van der Waals surface area contributed by atoms with E-state index in [0.29, 0.717) is 6.04 Å². The van der Waals surface area contributed by atoms with Gasteiger partial charge in [-0.15, -0.1) is 5.92 Å². The van der Waals surface area contributed by atoms with Gasteiger partial charge < -0.3 is 0 Å². The zero-order valence-corrected chi connectivity index (χ0v) is 8.04. The number of hydrogen-bond acceptors (Lipinski definition) is 2. The summed E-state index contributed by atoms with van der Waals surface area (Å²) in [5.74, 6) is 5.81. The summed E-state index contributed by atoms with van der Waals surface area (Å²) in [4.78, 5) is 4.06. The van der Waals surface area contributed by atoms with Gasteiger partial charge in [0.15, 0.2) is 0 Å². The van der Waals surface area contributed by atoms with Crippen LogP contribution in [0.4, 0.5) is 0 Å². The second-order valence-electron chi connectivity index (χ2n) is 2.82. The van der Waals surface area contributed by atoms with Crippen LogP contribution in [0.15, 0.2) is 24.5 Å². The number of nitrogens with zero attached hydrogens (tertiary/aromatic N) is 1. The summed E-state index contributed by atoms with van der Waals surface area (Å²) in [6, 6.07) is 4.32. The van der Waals surface area contributed by atoms with Gasteiger partial charge in [0.05, 0.1) is 6.54 Å². The molecule has 0 saturated heterocycles. The molecule has 1 N–H and O–H groups in total. The van der Waals surface area contributed by atoms with E-state index in [1.807, 2.05) is 19.2 Å². The lowest BCUT2D eigenvalue weighted by molar-refractivity contribution is 0.621. The SMILES string of the molecule is CC#CCN[C@H](C)c1cccnc1. The molecule has 0 bridgehead atoms. The molecule has 0 saturated carbocycles. The maximum Gasteiger partial charge on any atom is 0.0581 e. The van der Waals surface area contributed by atoms with E-state index in [1.165, 1.54) is 5.56 Å². The molecule has 1 aromatic heterocycles. The molecule has 0 radical (unpaired) electrons. The van der Waals surface area contributed by atoms with E-state index in [9.17, 15) is 0 Å². The Labute approximate surface area is 79.4 Å². The van der Waals surface area contributed by atoms with Gasteiger partial charge in [-0.2, -0.15) is 0 Å². The van der Waals surface area contributed by atoms with Crippen LogP contribution in [0.1, 0.15) is 25.5 Å². The molecule has 0 fully saturated rings. The first-order valence-electron chi connectivity index (χ1n) is 4.37. The molecule has 1 atom stereocenters. The van der Waals surface area contributed by atoms with Gasteiger partial charge >= 0.3 is 0 Å². The molecule has 0 unspecified atom stereocenters. The summed E-state index contributed by atoms with van der Waals surface area (Å²) in [6.07, 6.45) is 3.65. The van der Waals surface area contributed by atoms with Crippen molar-refractivity contribution < 1.29 is 0 Å².